The molecular weight excluding hydrogens is 370 g/mol. The van der Waals surface area contributed by atoms with Crippen molar-refractivity contribution >= 4 is 29.6 Å². The van der Waals surface area contributed by atoms with Gasteiger partial charge in [0.2, 0.25) is 5.91 Å². The highest BCUT2D eigenvalue weighted by molar-refractivity contribution is 6.30. The van der Waals surface area contributed by atoms with Crippen LogP contribution in [0.15, 0.2) is 48.0 Å². The largest absolute Gasteiger partial charge is 0.504 e. The lowest BCUT2D eigenvalue weighted by atomic mass is 10.0. The van der Waals surface area contributed by atoms with E-state index in [1.165, 1.54) is 26.4 Å². The first-order valence-electron chi connectivity index (χ1n) is 8.05. The second kappa shape index (κ2) is 9.09. The van der Waals surface area contributed by atoms with Crippen LogP contribution in [0.5, 0.6) is 11.5 Å². The molecule has 0 aliphatic rings. The van der Waals surface area contributed by atoms with E-state index in [9.17, 15) is 14.7 Å². The second-order valence-corrected chi connectivity index (χ2v) is 6.18. The van der Waals surface area contributed by atoms with Crippen molar-refractivity contribution < 1.29 is 24.2 Å². The fourth-order valence-corrected chi connectivity index (χ4v) is 2.53. The molecule has 0 aliphatic heterocycles. The summed E-state index contributed by atoms with van der Waals surface area (Å²) in [7, 11) is 2.64. The molecule has 2 rings (SSSR count). The molecule has 7 heteroatoms. The number of hydrogen-bond donors (Lipinski definition) is 2. The van der Waals surface area contributed by atoms with Crippen LogP contribution in [-0.2, 0) is 14.3 Å². The lowest BCUT2D eigenvalue weighted by Crippen LogP contribution is -2.34. The number of methoxy groups -OCH3 is 2. The van der Waals surface area contributed by atoms with Crippen LogP contribution in [0.1, 0.15) is 24.1 Å². The van der Waals surface area contributed by atoms with Crippen molar-refractivity contribution in [3.8, 4) is 11.5 Å². The molecular formula is C20H20ClNO5. The molecule has 0 aromatic heterocycles. The van der Waals surface area contributed by atoms with Gasteiger partial charge >= 0.3 is 5.97 Å². The van der Waals surface area contributed by atoms with Gasteiger partial charge in [-0.2, -0.15) is 0 Å². The number of phenols is 1. The van der Waals surface area contributed by atoms with Crippen LogP contribution >= 0.6 is 11.6 Å². The molecule has 0 aliphatic carbocycles. The molecule has 6 nitrogen and oxygen atoms in total. The summed E-state index contributed by atoms with van der Waals surface area (Å²) in [6.45, 7) is 1.63. The van der Waals surface area contributed by atoms with E-state index < -0.39 is 17.9 Å². The van der Waals surface area contributed by atoms with Crippen LogP contribution in [0.4, 0.5) is 0 Å². The highest BCUT2D eigenvalue weighted by atomic mass is 35.5. The predicted octanol–water partition coefficient (Wildman–Crippen LogP) is 3.49. The van der Waals surface area contributed by atoms with Crippen molar-refractivity contribution in [3.05, 3.63) is 64.2 Å². The number of carbonyl (C=O) groups is 2. The Bertz CT molecular complexity index is 861. The molecule has 0 spiro atoms. The quantitative estimate of drug-likeness (QED) is 0.583. The minimum absolute atomic E-state index is 0.147. The summed E-state index contributed by atoms with van der Waals surface area (Å²) >= 11 is 5.85. The second-order valence-electron chi connectivity index (χ2n) is 5.74. The van der Waals surface area contributed by atoms with E-state index in [4.69, 9.17) is 21.1 Å². The maximum atomic E-state index is 12.5. The van der Waals surface area contributed by atoms with Crippen molar-refractivity contribution in [1.29, 1.82) is 0 Å². The first-order chi connectivity index (χ1) is 12.8. The van der Waals surface area contributed by atoms with E-state index in [0.717, 1.165) is 5.56 Å². The van der Waals surface area contributed by atoms with Gasteiger partial charge < -0.3 is 19.9 Å². The standard InChI is InChI=1S/C20H20ClNO5/c1-12(10-13-4-7-15(21)8-5-13)19(24)22-18(20(25)27-3)14-6-9-17(26-2)16(23)11-14/h4-11,18,23H,1-3H3,(H,22,24)/b12-10-. The molecule has 2 aromatic carbocycles. The maximum absolute atomic E-state index is 12.5. The summed E-state index contributed by atoms with van der Waals surface area (Å²) in [6, 6.07) is 10.3. The molecule has 0 radical (unpaired) electrons. The normalized spacial score (nSPS) is 12.2. The van der Waals surface area contributed by atoms with Gasteiger partial charge in [0.15, 0.2) is 17.5 Å². The lowest BCUT2D eigenvalue weighted by molar-refractivity contribution is -0.144. The van der Waals surface area contributed by atoms with Crippen molar-refractivity contribution in [2.24, 2.45) is 0 Å². The Morgan fingerprint density at radius 1 is 1.15 bits per heavy atom. The number of hydrogen-bond acceptors (Lipinski definition) is 5. The van der Waals surface area contributed by atoms with Gasteiger partial charge in [0.25, 0.3) is 0 Å². The molecule has 2 N–H and O–H groups in total. The number of rotatable bonds is 6. The van der Waals surface area contributed by atoms with E-state index in [0.29, 0.717) is 16.2 Å². The number of esters is 1. The predicted molar refractivity (Wildman–Crippen MR) is 103 cm³/mol. The van der Waals surface area contributed by atoms with E-state index in [1.54, 1.807) is 43.3 Å². The van der Waals surface area contributed by atoms with Crippen molar-refractivity contribution in [1.82, 2.24) is 5.32 Å². The van der Waals surface area contributed by atoms with Gasteiger partial charge in [-0.05, 0) is 48.4 Å². The third kappa shape index (κ3) is 5.24. The number of halogens is 1. The van der Waals surface area contributed by atoms with Gasteiger partial charge in [-0.25, -0.2) is 4.79 Å². The summed E-state index contributed by atoms with van der Waals surface area (Å²) in [5.74, 6) is -0.998. The number of carbonyl (C=O) groups excluding carboxylic acids is 2. The SMILES string of the molecule is COC(=O)C(NC(=O)/C(C)=C\c1ccc(Cl)cc1)c1ccc(OC)c(O)c1. The first-order valence-corrected chi connectivity index (χ1v) is 8.43. The molecule has 1 unspecified atom stereocenters. The zero-order valence-electron chi connectivity index (χ0n) is 15.2. The van der Waals surface area contributed by atoms with Crippen LogP contribution in [0, 0.1) is 0 Å². The van der Waals surface area contributed by atoms with Crippen LogP contribution in [0.25, 0.3) is 6.08 Å². The average molecular weight is 390 g/mol. The van der Waals surface area contributed by atoms with Crippen LogP contribution in [0.2, 0.25) is 5.02 Å². The minimum Gasteiger partial charge on any atom is -0.504 e. The van der Waals surface area contributed by atoms with E-state index in [-0.39, 0.29) is 11.5 Å². The Labute approximate surface area is 162 Å². The van der Waals surface area contributed by atoms with Crippen molar-refractivity contribution in [3.63, 3.8) is 0 Å². The highest BCUT2D eigenvalue weighted by Crippen LogP contribution is 2.29. The molecule has 1 atom stereocenters. The Balaban J connectivity index is 2.25. The Kier molecular flexibility index (Phi) is 6.85. The Morgan fingerprint density at radius 3 is 2.37 bits per heavy atom. The first kappa shape index (κ1) is 20.3. The van der Waals surface area contributed by atoms with E-state index >= 15 is 0 Å². The third-order valence-electron chi connectivity index (χ3n) is 3.86. The maximum Gasteiger partial charge on any atom is 0.333 e. The summed E-state index contributed by atoms with van der Waals surface area (Å²) < 4.78 is 9.76. The van der Waals surface area contributed by atoms with E-state index in [1.807, 2.05) is 0 Å². The monoisotopic (exact) mass is 389 g/mol. The lowest BCUT2D eigenvalue weighted by Gasteiger charge is -2.18. The van der Waals surface area contributed by atoms with Gasteiger partial charge in [-0.1, -0.05) is 29.8 Å². The van der Waals surface area contributed by atoms with Crippen LogP contribution in [0.3, 0.4) is 0 Å². The van der Waals surface area contributed by atoms with E-state index in [2.05, 4.69) is 5.32 Å². The minimum atomic E-state index is -1.08. The summed E-state index contributed by atoms with van der Waals surface area (Å²) in [5.41, 5.74) is 1.56. The zero-order chi connectivity index (χ0) is 20.0. The number of phenolic OH excluding ortho intramolecular Hbond substituents is 1. The molecule has 0 fully saturated rings. The molecule has 1 amide bonds. The fourth-order valence-electron chi connectivity index (χ4n) is 2.40. The summed E-state index contributed by atoms with van der Waals surface area (Å²) in [5, 5.41) is 13.2. The third-order valence-corrected chi connectivity index (χ3v) is 4.11. The van der Waals surface area contributed by atoms with Gasteiger partial charge in [0, 0.05) is 10.6 Å². The molecule has 0 saturated carbocycles. The summed E-state index contributed by atoms with van der Waals surface area (Å²) in [6.07, 6.45) is 1.67. The van der Waals surface area contributed by atoms with Crippen molar-refractivity contribution in [2.75, 3.05) is 14.2 Å². The van der Waals surface area contributed by atoms with Gasteiger partial charge in [0.1, 0.15) is 0 Å². The number of amides is 1. The zero-order valence-corrected chi connectivity index (χ0v) is 15.9. The van der Waals surface area contributed by atoms with Gasteiger partial charge in [-0.3, -0.25) is 4.79 Å². The highest BCUT2D eigenvalue weighted by Gasteiger charge is 2.25. The van der Waals surface area contributed by atoms with Gasteiger partial charge in [-0.15, -0.1) is 0 Å². The molecule has 0 saturated heterocycles. The average Bonchev–Trinajstić information content (AvgIpc) is 2.66. The smallest absolute Gasteiger partial charge is 0.333 e. The van der Waals surface area contributed by atoms with Crippen LogP contribution < -0.4 is 10.1 Å². The number of ether oxygens (including phenoxy) is 2. The van der Waals surface area contributed by atoms with Crippen LogP contribution in [-0.4, -0.2) is 31.2 Å². The molecule has 0 heterocycles. The Morgan fingerprint density at radius 2 is 1.81 bits per heavy atom. The number of benzene rings is 2. The Hall–Kier alpha value is -2.99. The summed E-state index contributed by atoms with van der Waals surface area (Å²) in [4.78, 5) is 24.7. The number of aromatic hydroxyl groups is 1. The fraction of sp³-hybridized carbons (Fsp3) is 0.200. The van der Waals surface area contributed by atoms with Crippen molar-refractivity contribution in [2.45, 2.75) is 13.0 Å². The molecule has 142 valence electrons. The van der Waals surface area contributed by atoms with Gasteiger partial charge in [0.05, 0.1) is 14.2 Å². The molecule has 0 bridgehead atoms. The molecule has 2 aromatic rings. The topological polar surface area (TPSA) is 84.9 Å². The molecule has 27 heavy (non-hydrogen) atoms. The number of nitrogens with one attached hydrogen (secondary N) is 1.